The van der Waals surface area contributed by atoms with Gasteiger partial charge in [0.1, 0.15) is 23.0 Å². The largest absolute Gasteiger partial charge is 0.350 e. The van der Waals surface area contributed by atoms with Crippen molar-refractivity contribution >= 4 is 17.3 Å². The van der Waals surface area contributed by atoms with E-state index in [4.69, 9.17) is 0 Å². The molecule has 47 heavy (non-hydrogen) atoms. The number of halogens is 6. The molecule has 1 saturated carbocycles. The van der Waals surface area contributed by atoms with E-state index in [1.54, 1.807) is 25.5 Å². The third-order valence-corrected chi connectivity index (χ3v) is 8.62. The highest BCUT2D eigenvalue weighted by atomic mass is 19.3. The number of H-pyrrole nitrogens is 1. The number of aromatic amines is 1. The fraction of sp³-hybridized carbons (Fsp3) is 0.364. The van der Waals surface area contributed by atoms with Crippen molar-refractivity contribution in [3.05, 3.63) is 94.5 Å². The second kappa shape index (κ2) is 12.5. The number of rotatable bonds is 9. The van der Waals surface area contributed by atoms with Crippen molar-refractivity contribution in [2.75, 3.05) is 0 Å². The van der Waals surface area contributed by atoms with Crippen molar-refractivity contribution in [2.45, 2.75) is 70.4 Å². The number of fused-ring (bicyclic) bond motifs is 4. The SMILES string of the molecule is CC(C)c1ccc(-c2c(C(Cc3cc(F)cc(F)c3)NC=O)ncc3[nH]ncc23)cn1.CCn1nc(C(F)F)c2c1C(F)(F)C1CC21. The molecule has 3 atom stereocenters. The van der Waals surface area contributed by atoms with Gasteiger partial charge in [0.25, 0.3) is 12.3 Å². The van der Waals surface area contributed by atoms with Gasteiger partial charge in [-0.05, 0) is 55.4 Å². The Morgan fingerprint density at radius 1 is 1.06 bits per heavy atom. The number of nitrogens with one attached hydrogen (secondary N) is 2. The van der Waals surface area contributed by atoms with E-state index in [1.807, 2.05) is 12.1 Å². The second-order valence-electron chi connectivity index (χ2n) is 12.0. The van der Waals surface area contributed by atoms with Crippen molar-refractivity contribution in [3.63, 3.8) is 0 Å². The number of carbonyl (C=O) groups excluding carboxylic acids is 1. The van der Waals surface area contributed by atoms with E-state index < -0.39 is 47.6 Å². The molecule has 2 N–H and O–H groups in total. The molecule has 1 aromatic carbocycles. The molecule has 8 nitrogen and oxygen atoms in total. The highest BCUT2D eigenvalue weighted by Gasteiger charge is 2.67. The maximum absolute atomic E-state index is 13.8. The van der Waals surface area contributed by atoms with E-state index >= 15 is 0 Å². The van der Waals surface area contributed by atoms with Crippen LogP contribution in [0.15, 0.2) is 48.9 Å². The van der Waals surface area contributed by atoms with Crippen molar-refractivity contribution in [1.29, 1.82) is 0 Å². The zero-order valence-electron chi connectivity index (χ0n) is 25.6. The van der Waals surface area contributed by atoms with Gasteiger partial charge in [-0.2, -0.15) is 19.0 Å². The normalized spacial score (nSPS) is 18.1. The molecular weight excluding hydrogens is 624 g/mol. The Morgan fingerprint density at radius 2 is 1.81 bits per heavy atom. The highest BCUT2D eigenvalue weighted by Crippen LogP contribution is 2.68. The Bertz CT molecular complexity index is 1900. The molecule has 14 heteroatoms. The van der Waals surface area contributed by atoms with E-state index in [2.05, 4.69) is 44.4 Å². The maximum atomic E-state index is 13.8. The van der Waals surface area contributed by atoms with E-state index in [-0.39, 0.29) is 30.1 Å². The number of alkyl halides is 4. The Balaban J connectivity index is 0.000000201. The molecule has 1 fully saturated rings. The van der Waals surface area contributed by atoms with E-state index in [0.717, 1.165) is 38.5 Å². The first-order valence-corrected chi connectivity index (χ1v) is 15.1. The van der Waals surface area contributed by atoms with Crippen LogP contribution in [0.5, 0.6) is 0 Å². The predicted molar refractivity (Wildman–Crippen MR) is 161 cm³/mol. The first-order valence-electron chi connectivity index (χ1n) is 15.1. The van der Waals surface area contributed by atoms with Crippen LogP contribution in [-0.2, 0) is 23.7 Å². The lowest BCUT2D eigenvalue weighted by Gasteiger charge is -2.20. The van der Waals surface area contributed by atoms with Crippen LogP contribution in [0.4, 0.5) is 26.3 Å². The molecule has 1 amide bonds. The van der Waals surface area contributed by atoms with Gasteiger partial charge in [0, 0.05) is 52.5 Å². The number of benzene rings is 1. The number of pyridine rings is 2. The molecule has 0 spiro atoms. The van der Waals surface area contributed by atoms with E-state index in [9.17, 15) is 31.1 Å². The van der Waals surface area contributed by atoms with Crippen molar-refractivity contribution in [3.8, 4) is 11.1 Å². The van der Waals surface area contributed by atoms with Gasteiger partial charge in [-0.15, -0.1) is 0 Å². The van der Waals surface area contributed by atoms with Crippen molar-refractivity contribution < 1.29 is 31.1 Å². The summed E-state index contributed by atoms with van der Waals surface area (Å²) in [6.07, 6.45) is 3.35. The monoisotopic (exact) mass is 655 g/mol. The number of nitrogens with zero attached hydrogens (tertiary/aromatic N) is 5. The zero-order valence-corrected chi connectivity index (χ0v) is 25.6. The highest BCUT2D eigenvalue weighted by molar-refractivity contribution is 5.95. The van der Waals surface area contributed by atoms with Crippen LogP contribution < -0.4 is 5.32 Å². The summed E-state index contributed by atoms with van der Waals surface area (Å²) in [5.41, 5.74) is 3.62. The first kappa shape index (κ1) is 32.2. The number of hydrogen-bond acceptors (Lipinski definition) is 5. The molecule has 0 aliphatic heterocycles. The van der Waals surface area contributed by atoms with Crippen LogP contribution >= 0.6 is 0 Å². The van der Waals surface area contributed by atoms with Gasteiger partial charge in [-0.3, -0.25) is 24.5 Å². The number of amides is 1. The van der Waals surface area contributed by atoms with Crippen molar-refractivity contribution in [1.82, 2.24) is 35.3 Å². The van der Waals surface area contributed by atoms with Crippen LogP contribution in [0.25, 0.3) is 22.0 Å². The quantitative estimate of drug-likeness (QED) is 0.127. The third-order valence-electron chi connectivity index (χ3n) is 8.62. The molecule has 0 saturated heterocycles. The van der Waals surface area contributed by atoms with Crippen molar-refractivity contribution in [2.24, 2.45) is 5.92 Å². The lowest BCUT2D eigenvalue weighted by atomic mass is 9.94. The van der Waals surface area contributed by atoms with Crippen LogP contribution in [0.2, 0.25) is 0 Å². The fourth-order valence-corrected chi connectivity index (χ4v) is 6.37. The Labute approximate surface area is 265 Å². The van der Waals surface area contributed by atoms with Crippen LogP contribution in [0, 0.1) is 17.6 Å². The topological polar surface area (TPSA) is 101 Å². The first-order chi connectivity index (χ1) is 22.4. The average Bonchev–Trinajstić information content (AvgIpc) is 3.41. The van der Waals surface area contributed by atoms with Gasteiger partial charge in [-0.1, -0.05) is 19.9 Å². The van der Waals surface area contributed by atoms with Gasteiger partial charge in [0.05, 0.1) is 29.6 Å². The molecule has 0 radical (unpaired) electrons. The summed E-state index contributed by atoms with van der Waals surface area (Å²) in [6, 6.07) is 6.60. The molecule has 2 aliphatic carbocycles. The summed E-state index contributed by atoms with van der Waals surface area (Å²) in [5.74, 6) is -5.21. The summed E-state index contributed by atoms with van der Waals surface area (Å²) < 4.78 is 81.4. The molecule has 2 aliphatic rings. The molecule has 5 aromatic rings. The number of aryl methyl sites for hydroxylation is 1. The zero-order chi connectivity index (χ0) is 33.6. The molecule has 0 bridgehead atoms. The average molecular weight is 656 g/mol. The maximum Gasteiger partial charge on any atom is 0.293 e. The molecule has 246 valence electrons. The standard InChI is InChI=1S/C23H21F2N5O.C10H10F4N2/c1-13(2)19-4-3-15(9-26-19)22-18-10-29-30-21(18)11-27-23(22)20(28-12-31)7-14-5-16(24)8-17(25)6-14;1-2-16-8-6(7(15-16)9(11)12)4-3-5(4)10(8,13)14/h3-6,8-13,20H,7H2,1-2H3,(H,28,31)(H,29,30);4-5,9H,2-3H2,1H3. The lowest BCUT2D eigenvalue weighted by molar-refractivity contribution is -0.110. The van der Waals surface area contributed by atoms with E-state index in [0.29, 0.717) is 24.1 Å². The minimum atomic E-state index is -2.98. The van der Waals surface area contributed by atoms with Crippen LogP contribution in [-0.4, -0.2) is 36.4 Å². The predicted octanol–water partition coefficient (Wildman–Crippen LogP) is 7.50. The third kappa shape index (κ3) is 5.96. The van der Waals surface area contributed by atoms with Crippen LogP contribution in [0.3, 0.4) is 0 Å². The second-order valence-corrected chi connectivity index (χ2v) is 12.0. The molecule has 7 rings (SSSR count). The molecule has 4 heterocycles. The minimum absolute atomic E-state index is 0.117. The summed E-state index contributed by atoms with van der Waals surface area (Å²) in [5, 5.41) is 14.2. The molecular formula is C33H31F6N7O. The Morgan fingerprint density at radius 3 is 2.43 bits per heavy atom. The summed E-state index contributed by atoms with van der Waals surface area (Å²) in [6.45, 7) is 5.95. The fourth-order valence-electron chi connectivity index (χ4n) is 6.37. The summed E-state index contributed by atoms with van der Waals surface area (Å²) in [7, 11) is 0. The van der Waals surface area contributed by atoms with Gasteiger partial charge >= 0.3 is 0 Å². The lowest BCUT2D eigenvalue weighted by Crippen LogP contribution is -2.23. The summed E-state index contributed by atoms with van der Waals surface area (Å²) >= 11 is 0. The van der Waals surface area contributed by atoms with E-state index in [1.165, 1.54) is 12.1 Å². The van der Waals surface area contributed by atoms with Gasteiger partial charge in [0.15, 0.2) is 0 Å². The van der Waals surface area contributed by atoms with Crippen LogP contribution in [0.1, 0.15) is 85.4 Å². The van der Waals surface area contributed by atoms with Gasteiger partial charge < -0.3 is 5.32 Å². The smallest absolute Gasteiger partial charge is 0.293 e. The van der Waals surface area contributed by atoms with Gasteiger partial charge in [-0.25, -0.2) is 17.6 Å². The molecule has 4 aromatic heterocycles. The number of hydrogen-bond donors (Lipinski definition) is 2. The summed E-state index contributed by atoms with van der Waals surface area (Å²) in [4.78, 5) is 20.5. The van der Waals surface area contributed by atoms with Gasteiger partial charge in [0.2, 0.25) is 6.41 Å². The minimum Gasteiger partial charge on any atom is -0.350 e. The Hall–Kier alpha value is -4.75. The number of carbonyl (C=O) groups is 1. The Kier molecular flexibility index (Phi) is 8.53. The molecule has 3 unspecified atom stereocenters. The number of aromatic nitrogens is 6.